The zero-order valence-electron chi connectivity index (χ0n) is 51.7. The van der Waals surface area contributed by atoms with Gasteiger partial charge in [0.15, 0.2) is 0 Å². The molecule has 0 fully saturated rings. The van der Waals surface area contributed by atoms with E-state index in [1.165, 1.54) is 276 Å². The Morgan fingerprint density at radius 2 is 0.763 bits per heavy atom. The Bertz CT molecular complexity index is 1290. The second-order valence-electron chi connectivity index (χ2n) is 24.5. The standard InChI is InChI=1S/C67H133N2O6P/c1-6-8-10-12-14-16-18-20-22-24-26-28-30-32-33-34-35-37-38-40-42-44-46-48-50-52-54-56-58-60-66(70)65(64-75-76(72,73)74-63-62-69(3,4)5)68-67(71)61-59-57-55-53-51-49-47-45-43-41-39-36-31-29-27-25-23-21-19-17-15-13-11-9-7-2/h19,21,25,27,65-66,70H,6-18,20,22-24,26,28-64H2,1-5H3,(H-,68,71,72,73)/b21-19-,27-25-. The van der Waals surface area contributed by atoms with Gasteiger partial charge in [-0.1, -0.05) is 321 Å². The van der Waals surface area contributed by atoms with Crippen LogP contribution < -0.4 is 10.2 Å². The molecule has 0 saturated carbocycles. The Kier molecular flexibility index (Phi) is 57.8. The minimum absolute atomic E-state index is 0.0140. The summed E-state index contributed by atoms with van der Waals surface area (Å²) in [5.41, 5.74) is 0. The highest BCUT2D eigenvalue weighted by Crippen LogP contribution is 2.38. The van der Waals surface area contributed by atoms with Gasteiger partial charge < -0.3 is 28.8 Å². The summed E-state index contributed by atoms with van der Waals surface area (Å²) in [7, 11) is 1.32. The number of nitrogens with zero attached hydrogens (tertiary/aromatic N) is 1. The maximum absolute atomic E-state index is 13.0. The van der Waals surface area contributed by atoms with Gasteiger partial charge in [-0.05, 0) is 44.9 Å². The van der Waals surface area contributed by atoms with Crippen LogP contribution in [0.4, 0.5) is 0 Å². The summed E-state index contributed by atoms with van der Waals surface area (Å²) in [6.45, 7) is 4.77. The molecule has 0 bridgehead atoms. The first-order valence-corrected chi connectivity index (χ1v) is 35.1. The quantitative estimate of drug-likeness (QED) is 0.0272. The highest BCUT2D eigenvalue weighted by molar-refractivity contribution is 7.45. The molecule has 76 heavy (non-hydrogen) atoms. The first-order valence-electron chi connectivity index (χ1n) is 33.7. The van der Waals surface area contributed by atoms with Crippen LogP contribution in [0.5, 0.6) is 0 Å². The fraction of sp³-hybridized carbons (Fsp3) is 0.925. The predicted molar refractivity (Wildman–Crippen MR) is 330 cm³/mol. The van der Waals surface area contributed by atoms with E-state index in [-0.39, 0.29) is 19.1 Å². The van der Waals surface area contributed by atoms with Gasteiger partial charge >= 0.3 is 0 Å². The van der Waals surface area contributed by atoms with Crippen molar-refractivity contribution in [2.75, 3.05) is 40.9 Å². The molecule has 0 radical (unpaired) electrons. The molecule has 0 spiro atoms. The van der Waals surface area contributed by atoms with Crippen LogP contribution >= 0.6 is 7.82 Å². The average Bonchev–Trinajstić information content (AvgIpc) is 3.38. The van der Waals surface area contributed by atoms with Crippen molar-refractivity contribution in [2.45, 2.75) is 360 Å². The molecule has 1 amide bonds. The highest BCUT2D eigenvalue weighted by Gasteiger charge is 2.24. The predicted octanol–water partition coefficient (Wildman–Crippen LogP) is 20.5. The number of amides is 1. The fourth-order valence-electron chi connectivity index (χ4n) is 10.4. The second kappa shape index (κ2) is 58.6. The third kappa shape index (κ3) is 60.6. The fourth-order valence-corrected chi connectivity index (χ4v) is 11.2. The Labute approximate surface area is 474 Å². The Hall–Kier alpha value is -1.02. The summed E-state index contributed by atoms with van der Waals surface area (Å²) in [6, 6.07) is -0.801. The van der Waals surface area contributed by atoms with Crippen molar-refractivity contribution < 1.29 is 32.9 Å². The van der Waals surface area contributed by atoms with Gasteiger partial charge in [-0.25, -0.2) is 0 Å². The lowest BCUT2D eigenvalue weighted by atomic mass is 10.0. The van der Waals surface area contributed by atoms with Crippen molar-refractivity contribution in [3.63, 3.8) is 0 Å². The lowest BCUT2D eigenvalue weighted by molar-refractivity contribution is -0.870. The van der Waals surface area contributed by atoms with Crippen molar-refractivity contribution in [1.82, 2.24) is 5.32 Å². The summed E-state index contributed by atoms with van der Waals surface area (Å²) in [4.78, 5) is 25.6. The number of unbranched alkanes of at least 4 members (excludes halogenated alkanes) is 46. The number of carbonyl (C=O) groups is 1. The lowest BCUT2D eigenvalue weighted by Gasteiger charge is -2.30. The van der Waals surface area contributed by atoms with Crippen LogP contribution in [0.1, 0.15) is 348 Å². The number of quaternary nitrogens is 1. The molecule has 0 aliphatic carbocycles. The molecule has 3 atom stereocenters. The van der Waals surface area contributed by atoms with Crippen molar-refractivity contribution >= 4 is 13.7 Å². The van der Waals surface area contributed by atoms with E-state index in [0.717, 1.165) is 44.9 Å². The van der Waals surface area contributed by atoms with Crippen LogP contribution in [0, 0.1) is 0 Å². The third-order valence-electron chi connectivity index (χ3n) is 15.7. The number of hydrogen-bond donors (Lipinski definition) is 2. The molecule has 0 rings (SSSR count). The number of likely N-dealkylation sites (N-methyl/N-ethyl adjacent to an activating group) is 1. The molecule has 0 aromatic heterocycles. The summed E-state index contributed by atoms with van der Waals surface area (Å²) in [6.07, 6.45) is 75.3. The zero-order chi connectivity index (χ0) is 55.6. The van der Waals surface area contributed by atoms with Gasteiger partial charge in [0.05, 0.1) is 39.9 Å². The largest absolute Gasteiger partial charge is 0.756 e. The molecule has 0 aromatic rings. The van der Waals surface area contributed by atoms with Crippen molar-refractivity contribution in [3.8, 4) is 0 Å². The van der Waals surface area contributed by atoms with E-state index in [1.54, 1.807) is 0 Å². The zero-order valence-corrected chi connectivity index (χ0v) is 52.6. The number of rotatable bonds is 63. The number of aliphatic hydroxyl groups is 1. The number of phosphoric ester groups is 1. The van der Waals surface area contributed by atoms with E-state index in [0.29, 0.717) is 23.9 Å². The maximum Gasteiger partial charge on any atom is 0.268 e. The maximum atomic E-state index is 13.0. The SMILES string of the molecule is CCCCCCC/C=C\C/C=C\CCCCCCCCCCCCCCCC(=O)NC(COP(=O)([O-])OCC[N+](C)(C)C)C(O)CCCCCCCCCCCCCCCCCCCCCCCCCCCCCCC. The van der Waals surface area contributed by atoms with Crippen LogP contribution in [-0.4, -0.2) is 68.5 Å². The summed E-state index contributed by atoms with van der Waals surface area (Å²) >= 11 is 0. The summed E-state index contributed by atoms with van der Waals surface area (Å²) in [5, 5.41) is 14.1. The number of nitrogens with one attached hydrogen (secondary N) is 1. The molecule has 452 valence electrons. The van der Waals surface area contributed by atoms with E-state index in [2.05, 4.69) is 43.5 Å². The van der Waals surface area contributed by atoms with Crippen LogP contribution in [-0.2, 0) is 18.4 Å². The highest BCUT2D eigenvalue weighted by atomic mass is 31.2. The number of hydrogen-bond acceptors (Lipinski definition) is 6. The molecule has 0 aliphatic heterocycles. The minimum atomic E-state index is -4.58. The molecule has 0 aromatic carbocycles. The topological polar surface area (TPSA) is 108 Å². The molecular formula is C67H133N2O6P. The van der Waals surface area contributed by atoms with E-state index in [1.807, 2.05) is 21.1 Å². The van der Waals surface area contributed by atoms with Crippen LogP contribution in [0.3, 0.4) is 0 Å². The lowest BCUT2D eigenvalue weighted by Crippen LogP contribution is -2.46. The van der Waals surface area contributed by atoms with Gasteiger partial charge in [0.2, 0.25) is 5.91 Å². The Balaban J connectivity index is 4.04. The smallest absolute Gasteiger partial charge is 0.268 e. The normalized spacial score (nSPS) is 13.8. The van der Waals surface area contributed by atoms with E-state index in [9.17, 15) is 19.4 Å². The molecule has 2 N–H and O–H groups in total. The first kappa shape index (κ1) is 75.0. The van der Waals surface area contributed by atoms with E-state index < -0.39 is 20.0 Å². The van der Waals surface area contributed by atoms with Crippen molar-refractivity contribution in [3.05, 3.63) is 24.3 Å². The first-order chi connectivity index (χ1) is 37.0. The van der Waals surface area contributed by atoms with Gasteiger partial charge in [0, 0.05) is 6.42 Å². The van der Waals surface area contributed by atoms with Crippen LogP contribution in [0.15, 0.2) is 24.3 Å². The van der Waals surface area contributed by atoms with Gasteiger partial charge in [-0.2, -0.15) is 0 Å². The second-order valence-corrected chi connectivity index (χ2v) is 25.9. The molecule has 0 heterocycles. The third-order valence-corrected chi connectivity index (χ3v) is 16.7. The van der Waals surface area contributed by atoms with Gasteiger partial charge in [0.1, 0.15) is 13.2 Å². The number of phosphoric acid groups is 1. The van der Waals surface area contributed by atoms with Crippen LogP contribution in [0.2, 0.25) is 0 Å². The summed E-state index contributed by atoms with van der Waals surface area (Å²) in [5.74, 6) is -0.159. The van der Waals surface area contributed by atoms with Gasteiger partial charge in [-0.15, -0.1) is 0 Å². The molecule has 0 aliphatic rings. The van der Waals surface area contributed by atoms with Crippen molar-refractivity contribution in [2.24, 2.45) is 0 Å². The Morgan fingerprint density at radius 3 is 1.09 bits per heavy atom. The Morgan fingerprint density at radius 1 is 0.461 bits per heavy atom. The van der Waals surface area contributed by atoms with E-state index in [4.69, 9.17) is 9.05 Å². The minimum Gasteiger partial charge on any atom is -0.756 e. The average molecular weight is 1090 g/mol. The number of aliphatic hydroxyl groups excluding tert-OH is 1. The van der Waals surface area contributed by atoms with E-state index >= 15 is 0 Å². The monoisotopic (exact) mass is 1090 g/mol. The number of allylic oxidation sites excluding steroid dienone is 4. The molecule has 3 unspecified atom stereocenters. The van der Waals surface area contributed by atoms with Gasteiger partial charge in [0.25, 0.3) is 7.82 Å². The van der Waals surface area contributed by atoms with Crippen molar-refractivity contribution in [1.29, 1.82) is 0 Å². The number of carbonyl (C=O) groups excluding carboxylic acids is 1. The molecule has 0 saturated heterocycles. The van der Waals surface area contributed by atoms with Crippen LogP contribution in [0.25, 0.3) is 0 Å². The molecule has 8 nitrogen and oxygen atoms in total. The molecule has 9 heteroatoms. The molecular weight excluding hydrogens is 960 g/mol. The summed E-state index contributed by atoms with van der Waals surface area (Å²) < 4.78 is 23.5. The van der Waals surface area contributed by atoms with Gasteiger partial charge in [-0.3, -0.25) is 9.36 Å².